The van der Waals surface area contributed by atoms with E-state index in [1.807, 2.05) is 23.9 Å². The van der Waals surface area contributed by atoms with Crippen LogP contribution in [0.25, 0.3) is 0 Å². The molecule has 0 saturated heterocycles. The Morgan fingerprint density at radius 1 is 1.38 bits per heavy atom. The third-order valence-corrected chi connectivity index (χ3v) is 3.33. The van der Waals surface area contributed by atoms with Gasteiger partial charge in [0.25, 0.3) is 0 Å². The van der Waals surface area contributed by atoms with Crippen LogP contribution in [0.15, 0.2) is 47.7 Å². The molecule has 0 aliphatic carbocycles. The molecule has 1 unspecified atom stereocenters. The van der Waals surface area contributed by atoms with E-state index in [1.165, 1.54) is 12.1 Å². The number of hydrogen-bond donors (Lipinski definition) is 2. The third kappa shape index (κ3) is 6.28. The highest BCUT2D eigenvalue weighted by Crippen LogP contribution is 2.13. The monoisotopic (exact) mass is 333 g/mol. The fraction of sp³-hybridized carbons (Fsp3) is 0.412. The molecule has 0 aliphatic rings. The molecule has 2 N–H and O–H groups in total. The molecule has 0 fully saturated rings. The molecule has 1 aromatic carbocycles. The lowest BCUT2D eigenvalue weighted by molar-refractivity contribution is 0.223. The smallest absolute Gasteiger partial charge is 0.191 e. The maximum atomic E-state index is 13.1. The van der Waals surface area contributed by atoms with Gasteiger partial charge in [-0.25, -0.2) is 4.39 Å². The molecule has 6 nitrogen and oxygen atoms in total. The molecule has 0 bridgehead atoms. The molecule has 130 valence electrons. The fourth-order valence-electron chi connectivity index (χ4n) is 2.16. The SMILES string of the molecule is CN=C(NCCCn1cccn1)NCC(C)Oc1cccc(F)c1. The number of guanidine groups is 1. The first kappa shape index (κ1) is 17.8. The number of aromatic nitrogens is 2. The summed E-state index contributed by atoms with van der Waals surface area (Å²) >= 11 is 0. The van der Waals surface area contributed by atoms with Crippen LogP contribution in [0, 0.1) is 5.82 Å². The standard InChI is InChI=1S/C17H24FN5O/c1-14(24-16-7-3-6-15(18)12-16)13-21-17(19-2)20-8-4-10-23-11-5-9-22-23/h3,5-7,9,11-12,14H,4,8,10,13H2,1-2H3,(H2,19,20,21). The van der Waals surface area contributed by atoms with Gasteiger partial charge in [-0.1, -0.05) is 6.07 Å². The van der Waals surface area contributed by atoms with E-state index in [4.69, 9.17) is 4.74 Å². The first-order valence-electron chi connectivity index (χ1n) is 8.01. The van der Waals surface area contributed by atoms with E-state index in [0.717, 1.165) is 19.5 Å². The van der Waals surface area contributed by atoms with Crippen molar-refractivity contribution in [3.8, 4) is 5.75 Å². The maximum absolute atomic E-state index is 13.1. The minimum Gasteiger partial charge on any atom is -0.489 e. The summed E-state index contributed by atoms with van der Waals surface area (Å²) in [5.41, 5.74) is 0. The van der Waals surface area contributed by atoms with E-state index in [9.17, 15) is 4.39 Å². The summed E-state index contributed by atoms with van der Waals surface area (Å²) in [7, 11) is 1.72. The zero-order valence-electron chi connectivity index (χ0n) is 14.1. The first-order valence-corrected chi connectivity index (χ1v) is 8.01. The van der Waals surface area contributed by atoms with Gasteiger partial charge in [0.1, 0.15) is 17.7 Å². The van der Waals surface area contributed by atoms with E-state index >= 15 is 0 Å². The Hall–Kier alpha value is -2.57. The van der Waals surface area contributed by atoms with Gasteiger partial charge >= 0.3 is 0 Å². The fourth-order valence-corrected chi connectivity index (χ4v) is 2.16. The van der Waals surface area contributed by atoms with E-state index in [2.05, 4.69) is 20.7 Å². The first-order chi connectivity index (χ1) is 11.7. The zero-order chi connectivity index (χ0) is 17.2. The van der Waals surface area contributed by atoms with Gasteiger partial charge in [0, 0.05) is 38.6 Å². The zero-order valence-corrected chi connectivity index (χ0v) is 14.1. The molecule has 0 aliphatic heterocycles. The van der Waals surface area contributed by atoms with E-state index in [1.54, 1.807) is 25.4 Å². The minimum atomic E-state index is -0.303. The van der Waals surface area contributed by atoms with Crippen molar-refractivity contribution in [2.24, 2.45) is 4.99 Å². The van der Waals surface area contributed by atoms with Crippen molar-refractivity contribution in [1.29, 1.82) is 0 Å². The lowest BCUT2D eigenvalue weighted by Gasteiger charge is -2.17. The number of nitrogens with zero attached hydrogens (tertiary/aromatic N) is 3. The third-order valence-electron chi connectivity index (χ3n) is 3.33. The van der Waals surface area contributed by atoms with E-state index in [-0.39, 0.29) is 11.9 Å². The molecule has 1 heterocycles. The second kappa shape index (κ2) is 9.54. The number of hydrogen-bond acceptors (Lipinski definition) is 3. The number of nitrogens with one attached hydrogen (secondary N) is 2. The average Bonchev–Trinajstić information content (AvgIpc) is 3.07. The van der Waals surface area contributed by atoms with Crippen LogP contribution >= 0.6 is 0 Å². The molecule has 0 amide bonds. The molecular formula is C17H24FN5O. The van der Waals surface area contributed by atoms with Crippen molar-refractivity contribution < 1.29 is 9.13 Å². The summed E-state index contributed by atoms with van der Waals surface area (Å²) in [5.74, 6) is 0.930. The summed E-state index contributed by atoms with van der Waals surface area (Å²) < 4.78 is 20.7. The van der Waals surface area contributed by atoms with Crippen molar-refractivity contribution >= 4 is 5.96 Å². The molecule has 7 heteroatoms. The van der Waals surface area contributed by atoms with Crippen LogP contribution in [-0.2, 0) is 6.54 Å². The summed E-state index contributed by atoms with van der Waals surface area (Å²) in [6.07, 6.45) is 4.54. The molecule has 2 rings (SSSR count). The van der Waals surface area contributed by atoms with Gasteiger partial charge in [-0.15, -0.1) is 0 Å². The second-order valence-electron chi connectivity index (χ2n) is 5.39. The number of benzene rings is 1. The number of aliphatic imine (C=N–C) groups is 1. The Balaban J connectivity index is 1.65. The van der Waals surface area contributed by atoms with Crippen LogP contribution in [-0.4, -0.2) is 42.0 Å². The van der Waals surface area contributed by atoms with Crippen LogP contribution in [0.5, 0.6) is 5.75 Å². The second-order valence-corrected chi connectivity index (χ2v) is 5.39. The molecular weight excluding hydrogens is 309 g/mol. The Morgan fingerprint density at radius 2 is 2.25 bits per heavy atom. The maximum Gasteiger partial charge on any atom is 0.191 e. The summed E-state index contributed by atoms with van der Waals surface area (Å²) in [4.78, 5) is 4.17. The highest BCUT2D eigenvalue weighted by atomic mass is 19.1. The van der Waals surface area contributed by atoms with Crippen molar-refractivity contribution in [3.05, 3.63) is 48.5 Å². The summed E-state index contributed by atoms with van der Waals surface area (Å²) in [6, 6.07) is 8.05. The predicted molar refractivity (Wildman–Crippen MR) is 92.7 cm³/mol. The van der Waals surface area contributed by atoms with Gasteiger partial charge in [-0.3, -0.25) is 9.67 Å². The van der Waals surface area contributed by atoms with Crippen LogP contribution in [0.3, 0.4) is 0 Å². The Labute approximate surface area is 141 Å². The van der Waals surface area contributed by atoms with Crippen molar-refractivity contribution in [3.63, 3.8) is 0 Å². The highest BCUT2D eigenvalue weighted by molar-refractivity contribution is 5.79. The van der Waals surface area contributed by atoms with E-state index < -0.39 is 0 Å². The lowest BCUT2D eigenvalue weighted by Crippen LogP contribution is -2.42. The average molecular weight is 333 g/mol. The van der Waals surface area contributed by atoms with Gasteiger partial charge in [0.2, 0.25) is 0 Å². The molecule has 2 aromatic rings. The van der Waals surface area contributed by atoms with Crippen molar-refractivity contribution in [2.75, 3.05) is 20.1 Å². The predicted octanol–water partition coefficient (Wildman–Crippen LogP) is 2.04. The van der Waals surface area contributed by atoms with E-state index in [0.29, 0.717) is 18.3 Å². The van der Waals surface area contributed by atoms with Gasteiger partial charge in [-0.05, 0) is 31.5 Å². The highest BCUT2D eigenvalue weighted by Gasteiger charge is 2.06. The topological polar surface area (TPSA) is 63.5 Å². The molecule has 0 saturated carbocycles. The molecule has 0 spiro atoms. The lowest BCUT2D eigenvalue weighted by atomic mass is 10.3. The summed E-state index contributed by atoms with van der Waals surface area (Å²) in [5, 5.41) is 10.6. The van der Waals surface area contributed by atoms with Gasteiger partial charge in [0.15, 0.2) is 5.96 Å². The quantitative estimate of drug-likeness (QED) is 0.441. The number of halogens is 1. The van der Waals surface area contributed by atoms with Crippen LogP contribution in [0.2, 0.25) is 0 Å². The molecule has 24 heavy (non-hydrogen) atoms. The largest absolute Gasteiger partial charge is 0.489 e. The van der Waals surface area contributed by atoms with Crippen LogP contribution in [0.4, 0.5) is 4.39 Å². The van der Waals surface area contributed by atoms with Crippen LogP contribution in [0.1, 0.15) is 13.3 Å². The number of aryl methyl sites for hydroxylation is 1. The Kier molecular flexibility index (Phi) is 7.07. The number of ether oxygens (including phenoxy) is 1. The number of rotatable bonds is 8. The normalized spacial score (nSPS) is 12.7. The molecule has 1 aromatic heterocycles. The van der Waals surface area contributed by atoms with Gasteiger partial charge in [-0.2, -0.15) is 5.10 Å². The minimum absolute atomic E-state index is 0.116. The Bertz CT molecular complexity index is 630. The molecule has 1 atom stereocenters. The van der Waals surface area contributed by atoms with Gasteiger partial charge in [0.05, 0.1) is 6.54 Å². The Morgan fingerprint density at radius 3 is 2.96 bits per heavy atom. The molecule has 0 radical (unpaired) electrons. The summed E-state index contributed by atoms with van der Waals surface area (Å²) in [6.45, 7) is 4.13. The van der Waals surface area contributed by atoms with Crippen LogP contribution < -0.4 is 15.4 Å². The van der Waals surface area contributed by atoms with Crippen molar-refractivity contribution in [1.82, 2.24) is 20.4 Å². The van der Waals surface area contributed by atoms with Gasteiger partial charge < -0.3 is 15.4 Å². The van der Waals surface area contributed by atoms with Crippen molar-refractivity contribution in [2.45, 2.75) is 26.0 Å².